The Kier molecular flexibility index (Phi) is 5.98. The summed E-state index contributed by atoms with van der Waals surface area (Å²) < 4.78 is 5.29. The van der Waals surface area contributed by atoms with Crippen molar-refractivity contribution in [2.75, 3.05) is 45.9 Å². The van der Waals surface area contributed by atoms with E-state index in [0.29, 0.717) is 5.56 Å². The molecule has 0 aliphatic carbocycles. The minimum atomic E-state index is -0.270. The zero-order valence-electron chi connectivity index (χ0n) is 12.0. The minimum absolute atomic E-state index is 0.100. The average molecular weight is 294 g/mol. The second-order valence-corrected chi connectivity index (χ2v) is 5.11. The number of ether oxygens (including phenoxy) is 1. The standard InChI is InChI=1S/C15H22N2O4/c18-13-3-2-12(10-14(13)19)15(20)11-16-4-1-5-17-6-8-21-9-7-17/h2-3,10,16,18-19H,1,4-9,11H2. The van der Waals surface area contributed by atoms with E-state index >= 15 is 0 Å². The van der Waals surface area contributed by atoms with Gasteiger partial charge in [0.15, 0.2) is 17.3 Å². The molecule has 6 heteroatoms. The predicted molar refractivity (Wildman–Crippen MR) is 78.8 cm³/mol. The van der Waals surface area contributed by atoms with Crippen LogP contribution in [0.2, 0.25) is 0 Å². The van der Waals surface area contributed by atoms with E-state index in [4.69, 9.17) is 4.74 Å². The minimum Gasteiger partial charge on any atom is -0.504 e. The topological polar surface area (TPSA) is 82.0 Å². The number of benzene rings is 1. The molecular weight excluding hydrogens is 272 g/mol. The van der Waals surface area contributed by atoms with Crippen LogP contribution in [0.5, 0.6) is 11.5 Å². The molecule has 116 valence electrons. The zero-order chi connectivity index (χ0) is 15.1. The molecule has 1 aliphatic heterocycles. The highest BCUT2D eigenvalue weighted by molar-refractivity contribution is 5.98. The van der Waals surface area contributed by atoms with Gasteiger partial charge in [-0.3, -0.25) is 9.69 Å². The Morgan fingerprint density at radius 2 is 2.00 bits per heavy atom. The monoisotopic (exact) mass is 294 g/mol. The number of morpholine rings is 1. The van der Waals surface area contributed by atoms with Gasteiger partial charge in [0, 0.05) is 18.7 Å². The summed E-state index contributed by atoms with van der Waals surface area (Å²) in [4.78, 5) is 14.2. The fourth-order valence-electron chi connectivity index (χ4n) is 2.25. The van der Waals surface area contributed by atoms with Crippen LogP contribution in [0, 0.1) is 0 Å². The van der Waals surface area contributed by atoms with Gasteiger partial charge >= 0.3 is 0 Å². The van der Waals surface area contributed by atoms with Crippen molar-refractivity contribution in [2.24, 2.45) is 0 Å². The Hall–Kier alpha value is -1.63. The average Bonchev–Trinajstić information content (AvgIpc) is 2.50. The summed E-state index contributed by atoms with van der Waals surface area (Å²) in [5, 5.41) is 21.7. The molecule has 0 spiro atoms. The summed E-state index contributed by atoms with van der Waals surface area (Å²) in [6.07, 6.45) is 0.980. The maximum atomic E-state index is 11.9. The summed E-state index contributed by atoms with van der Waals surface area (Å²) in [5.41, 5.74) is 0.394. The van der Waals surface area contributed by atoms with Gasteiger partial charge < -0.3 is 20.3 Å². The van der Waals surface area contributed by atoms with E-state index in [1.54, 1.807) is 0 Å². The van der Waals surface area contributed by atoms with E-state index in [9.17, 15) is 15.0 Å². The van der Waals surface area contributed by atoms with Gasteiger partial charge in [0.2, 0.25) is 0 Å². The smallest absolute Gasteiger partial charge is 0.176 e. The zero-order valence-corrected chi connectivity index (χ0v) is 12.0. The highest BCUT2D eigenvalue weighted by Gasteiger charge is 2.10. The van der Waals surface area contributed by atoms with Crippen LogP contribution in [0.1, 0.15) is 16.8 Å². The van der Waals surface area contributed by atoms with Crippen LogP contribution in [0.3, 0.4) is 0 Å². The summed E-state index contributed by atoms with van der Waals surface area (Å²) in [6.45, 7) is 5.56. The van der Waals surface area contributed by atoms with Crippen molar-refractivity contribution in [3.63, 3.8) is 0 Å². The third-order valence-electron chi connectivity index (χ3n) is 3.51. The highest BCUT2D eigenvalue weighted by atomic mass is 16.5. The van der Waals surface area contributed by atoms with Crippen molar-refractivity contribution in [1.82, 2.24) is 10.2 Å². The van der Waals surface area contributed by atoms with Gasteiger partial charge in [0.1, 0.15) is 0 Å². The number of phenolic OH excluding ortho intramolecular Hbond substituents is 2. The van der Waals surface area contributed by atoms with Gasteiger partial charge in [-0.05, 0) is 37.7 Å². The highest BCUT2D eigenvalue weighted by Crippen LogP contribution is 2.24. The van der Waals surface area contributed by atoms with Crippen molar-refractivity contribution in [3.05, 3.63) is 23.8 Å². The van der Waals surface area contributed by atoms with E-state index in [-0.39, 0.29) is 23.8 Å². The van der Waals surface area contributed by atoms with Gasteiger partial charge in [0.05, 0.1) is 19.8 Å². The first-order valence-electron chi connectivity index (χ1n) is 7.23. The Labute approximate surface area is 124 Å². The van der Waals surface area contributed by atoms with Crippen molar-refractivity contribution >= 4 is 5.78 Å². The molecule has 1 heterocycles. The van der Waals surface area contributed by atoms with Gasteiger partial charge in [-0.2, -0.15) is 0 Å². The lowest BCUT2D eigenvalue weighted by atomic mass is 10.1. The summed E-state index contributed by atoms with van der Waals surface area (Å²) in [7, 11) is 0. The van der Waals surface area contributed by atoms with Gasteiger partial charge in [-0.25, -0.2) is 0 Å². The molecule has 1 fully saturated rings. The normalized spacial score (nSPS) is 16.0. The molecule has 1 saturated heterocycles. The van der Waals surface area contributed by atoms with E-state index in [1.807, 2.05) is 0 Å². The number of Topliss-reactive ketones (excluding diaryl/α,β-unsaturated/α-hetero) is 1. The molecule has 1 aromatic rings. The lowest BCUT2D eigenvalue weighted by Gasteiger charge is -2.26. The molecule has 0 amide bonds. The molecule has 0 atom stereocenters. The van der Waals surface area contributed by atoms with Crippen LogP contribution in [-0.4, -0.2) is 66.8 Å². The van der Waals surface area contributed by atoms with E-state index in [0.717, 1.165) is 45.8 Å². The molecule has 6 nitrogen and oxygen atoms in total. The first kappa shape index (κ1) is 15.8. The molecule has 0 saturated carbocycles. The lowest BCUT2D eigenvalue weighted by molar-refractivity contribution is 0.0375. The van der Waals surface area contributed by atoms with Crippen LogP contribution in [0.4, 0.5) is 0 Å². The molecule has 1 aromatic carbocycles. The lowest BCUT2D eigenvalue weighted by Crippen LogP contribution is -2.38. The van der Waals surface area contributed by atoms with Crippen molar-refractivity contribution < 1.29 is 19.7 Å². The second-order valence-electron chi connectivity index (χ2n) is 5.11. The molecule has 2 rings (SSSR count). The largest absolute Gasteiger partial charge is 0.504 e. The predicted octanol–water partition coefficient (Wildman–Crippen LogP) is 0.592. The van der Waals surface area contributed by atoms with Crippen LogP contribution in [0.15, 0.2) is 18.2 Å². The van der Waals surface area contributed by atoms with Crippen LogP contribution >= 0.6 is 0 Å². The third-order valence-corrected chi connectivity index (χ3v) is 3.51. The Morgan fingerprint density at radius 3 is 2.71 bits per heavy atom. The number of hydrogen-bond acceptors (Lipinski definition) is 6. The summed E-state index contributed by atoms with van der Waals surface area (Å²) in [6, 6.07) is 4.11. The van der Waals surface area contributed by atoms with Crippen molar-refractivity contribution in [2.45, 2.75) is 6.42 Å². The fourth-order valence-corrected chi connectivity index (χ4v) is 2.25. The number of rotatable bonds is 7. The number of aromatic hydroxyl groups is 2. The molecule has 1 aliphatic rings. The number of nitrogens with zero attached hydrogens (tertiary/aromatic N) is 1. The van der Waals surface area contributed by atoms with Crippen molar-refractivity contribution in [1.29, 1.82) is 0 Å². The fraction of sp³-hybridized carbons (Fsp3) is 0.533. The van der Waals surface area contributed by atoms with E-state index < -0.39 is 0 Å². The maximum absolute atomic E-state index is 11.9. The number of carbonyl (C=O) groups excluding carboxylic acids is 1. The van der Waals surface area contributed by atoms with E-state index in [2.05, 4.69) is 10.2 Å². The first-order valence-corrected chi connectivity index (χ1v) is 7.23. The Bertz CT molecular complexity index is 473. The first-order chi connectivity index (χ1) is 10.2. The molecule has 0 bridgehead atoms. The van der Waals surface area contributed by atoms with Crippen molar-refractivity contribution in [3.8, 4) is 11.5 Å². The number of carbonyl (C=O) groups is 1. The molecule has 3 N–H and O–H groups in total. The van der Waals surface area contributed by atoms with Gasteiger partial charge in [-0.1, -0.05) is 0 Å². The molecule has 0 aromatic heterocycles. The summed E-state index contributed by atoms with van der Waals surface area (Å²) in [5.74, 6) is -0.588. The molecule has 21 heavy (non-hydrogen) atoms. The quantitative estimate of drug-likeness (QED) is 0.388. The number of ketones is 1. The van der Waals surface area contributed by atoms with Gasteiger partial charge in [0.25, 0.3) is 0 Å². The Morgan fingerprint density at radius 1 is 1.24 bits per heavy atom. The maximum Gasteiger partial charge on any atom is 0.176 e. The number of hydrogen-bond donors (Lipinski definition) is 3. The SMILES string of the molecule is O=C(CNCCCN1CCOCC1)c1ccc(O)c(O)c1. The molecular formula is C15H22N2O4. The molecule has 0 unspecified atom stereocenters. The number of nitrogens with one attached hydrogen (secondary N) is 1. The Balaban J connectivity index is 1.63. The second kappa shape index (κ2) is 7.97. The molecule has 0 radical (unpaired) electrons. The van der Waals surface area contributed by atoms with Crippen LogP contribution in [0.25, 0.3) is 0 Å². The van der Waals surface area contributed by atoms with E-state index in [1.165, 1.54) is 18.2 Å². The van der Waals surface area contributed by atoms with Crippen LogP contribution < -0.4 is 5.32 Å². The van der Waals surface area contributed by atoms with Crippen LogP contribution in [-0.2, 0) is 4.74 Å². The number of phenols is 2. The third kappa shape index (κ3) is 5.00. The van der Waals surface area contributed by atoms with Gasteiger partial charge in [-0.15, -0.1) is 0 Å². The summed E-state index contributed by atoms with van der Waals surface area (Å²) >= 11 is 0.